The van der Waals surface area contributed by atoms with Crippen molar-refractivity contribution in [1.82, 2.24) is 4.68 Å². The van der Waals surface area contributed by atoms with Gasteiger partial charge in [0.15, 0.2) is 23.5 Å². The number of halogens is 3. The molecule has 0 aliphatic carbocycles. The van der Waals surface area contributed by atoms with E-state index in [0.29, 0.717) is 23.4 Å². The molecule has 162 valence electrons. The number of carbonyl (C=O) groups is 1. The molecule has 1 aliphatic heterocycles. The van der Waals surface area contributed by atoms with Crippen LogP contribution in [0, 0.1) is 5.92 Å². The topological polar surface area (TPSA) is 81.0 Å². The highest BCUT2D eigenvalue weighted by atomic mass is 19.4. The molecule has 3 rings (SSSR count). The van der Waals surface area contributed by atoms with E-state index in [1.165, 1.54) is 31.5 Å². The molecule has 0 atom stereocenters. The van der Waals surface area contributed by atoms with Gasteiger partial charge in [0.25, 0.3) is 0 Å². The molecule has 7 nitrogen and oxygen atoms in total. The van der Waals surface area contributed by atoms with E-state index in [-0.39, 0.29) is 29.5 Å². The quantitative estimate of drug-likeness (QED) is 0.764. The molecule has 0 fully saturated rings. The molecule has 2 aromatic rings. The third-order valence-electron chi connectivity index (χ3n) is 4.55. The minimum atomic E-state index is -4.50. The lowest BCUT2D eigenvalue weighted by atomic mass is 9.99. The van der Waals surface area contributed by atoms with Crippen molar-refractivity contribution < 1.29 is 32.5 Å². The molecular formula is C20H21F3N2O5. The molecule has 1 aliphatic rings. The van der Waals surface area contributed by atoms with E-state index in [1.54, 1.807) is 4.68 Å². The first-order valence-corrected chi connectivity index (χ1v) is 9.16. The van der Waals surface area contributed by atoms with Crippen LogP contribution in [0.1, 0.15) is 29.8 Å². The number of carboxylic acids is 1. The van der Waals surface area contributed by atoms with Crippen LogP contribution in [-0.2, 0) is 6.54 Å². The molecule has 0 bridgehead atoms. The van der Waals surface area contributed by atoms with Crippen LogP contribution in [0.5, 0.6) is 11.5 Å². The number of methoxy groups -OCH3 is 1. The lowest BCUT2D eigenvalue weighted by Crippen LogP contribution is -2.41. The Balaban J connectivity index is 2.16. The number of hydrogen-bond acceptors (Lipinski definition) is 5. The summed E-state index contributed by atoms with van der Waals surface area (Å²) in [6, 6.07) is 4.18. The summed E-state index contributed by atoms with van der Waals surface area (Å²) < 4.78 is 49.5. The zero-order valence-electron chi connectivity index (χ0n) is 16.6. The van der Waals surface area contributed by atoms with Crippen molar-refractivity contribution in [3.63, 3.8) is 0 Å². The van der Waals surface area contributed by atoms with Gasteiger partial charge in [-0.25, -0.2) is 4.79 Å². The normalized spacial score (nSPS) is 13.1. The highest BCUT2D eigenvalue weighted by Crippen LogP contribution is 2.39. The number of carboxylic acid groups (broad SMARTS) is 1. The number of rotatable bonds is 6. The highest BCUT2D eigenvalue weighted by molar-refractivity contribution is 5.88. The molecule has 0 spiro atoms. The van der Waals surface area contributed by atoms with Gasteiger partial charge in [0.1, 0.15) is 5.56 Å². The maximum atomic E-state index is 12.6. The molecule has 10 heteroatoms. The van der Waals surface area contributed by atoms with Crippen LogP contribution in [-0.4, -0.2) is 42.2 Å². The highest BCUT2D eigenvalue weighted by Gasteiger charge is 2.30. The summed E-state index contributed by atoms with van der Waals surface area (Å²) in [5.74, 6) is -1.11. The van der Waals surface area contributed by atoms with E-state index in [9.17, 15) is 27.9 Å². The number of ether oxygens (including phenoxy) is 2. The first kappa shape index (κ1) is 21.5. The predicted octanol–water partition coefficient (Wildman–Crippen LogP) is 3.27. The molecule has 2 heterocycles. The average Bonchev–Trinajstić information content (AvgIpc) is 2.64. The number of aromatic carboxylic acids is 1. The molecule has 0 radical (unpaired) electrons. The predicted molar refractivity (Wildman–Crippen MR) is 103 cm³/mol. The van der Waals surface area contributed by atoms with Gasteiger partial charge in [-0.3, -0.25) is 9.47 Å². The zero-order chi connectivity index (χ0) is 22.2. The summed E-state index contributed by atoms with van der Waals surface area (Å²) >= 11 is 0. The Labute approximate surface area is 170 Å². The van der Waals surface area contributed by atoms with Crippen LogP contribution in [0.4, 0.5) is 13.2 Å². The lowest BCUT2D eigenvalue weighted by Gasteiger charge is -2.36. The molecule has 1 aromatic carbocycles. The summed E-state index contributed by atoms with van der Waals surface area (Å²) in [6.45, 7) is 3.30. The number of benzene rings is 1. The minimum Gasteiger partial charge on any atom is -0.493 e. The maximum Gasteiger partial charge on any atom is 0.422 e. The Morgan fingerprint density at radius 3 is 2.50 bits per heavy atom. The first-order chi connectivity index (χ1) is 14.0. The molecule has 1 aromatic heterocycles. The maximum absolute atomic E-state index is 12.6. The van der Waals surface area contributed by atoms with Crippen LogP contribution in [0.25, 0.3) is 11.3 Å². The molecule has 0 saturated heterocycles. The minimum absolute atomic E-state index is 0.0592. The number of alkyl halides is 3. The number of nitrogens with zero attached hydrogens (tertiary/aromatic N) is 2. The standard InChI is InChI=1S/C20H21F3N2O5/c1-11(2)7-24-8-12-4-18(30-10-20(21,22)23)17(29-3)5-13(12)15-6-16(26)14(19(27)28)9-25(15)24/h4-6,9,11H,7-8,10H2,1-3H3,(H,27,28). The van der Waals surface area contributed by atoms with E-state index in [0.717, 1.165) is 0 Å². The fourth-order valence-corrected chi connectivity index (χ4v) is 3.37. The molecule has 0 amide bonds. The molecule has 0 saturated carbocycles. The van der Waals surface area contributed by atoms with Crippen LogP contribution in [0.15, 0.2) is 29.2 Å². The average molecular weight is 426 g/mol. The van der Waals surface area contributed by atoms with E-state index in [4.69, 9.17) is 9.47 Å². The first-order valence-electron chi connectivity index (χ1n) is 9.16. The zero-order valence-corrected chi connectivity index (χ0v) is 16.6. The number of pyridine rings is 1. The van der Waals surface area contributed by atoms with Gasteiger partial charge in [-0.05, 0) is 23.6 Å². The van der Waals surface area contributed by atoms with Crippen LogP contribution in [0.3, 0.4) is 0 Å². The SMILES string of the molecule is COc1cc2c(cc1OCC(F)(F)F)CN(CC(C)C)n1cc(C(=O)O)c(=O)cc1-2. The largest absolute Gasteiger partial charge is 0.493 e. The number of hydrogen-bond donors (Lipinski definition) is 1. The summed E-state index contributed by atoms with van der Waals surface area (Å²) in [5.41, 5.74) is 0.583. The second-order valence-corrected chi connectivity index (χ2v) is 7.39. The monoisotopic (exact) mass is 426 g/mol. The fourth-order valence-electron chi connectivity index (χ4n) is 3.37. The van der Waals surface area contributed by atoms with Crippen molar-refractivity contribution in [3.8, 4) is 22.8 Å². The number of fused-ring (bicyclic) bond motifs is 3. The molecule has 0 unspecified atom stereocenters. The van der Waals surface area contributed by atoms with Crippen LogP contribution in [0.2, 0.25) is 0 Å². The van der Waals surface area contributed by atoms with Crippen molar-refractivity contribution in [2.45, 2.75) is 26.6 Å². The van der Waals surface area contributed by atoms with Crippen LogP contribution < -0.4 is 19.9 Å². The van der Waals surface area contributed by atoms with Gasteiger partial charge in [-0.2, -0.15) is 13.2 Å². The van der Waals surface area contributed by atoms with E-state index >= 15 is 0 Å². The van der Waals surface area contributed by atoms with Crippen molar-refractivity contribution in [2.75, 3.05) is 25.3 Å². The van der Waals surface area contributed by atoms with E-state index in [2.05, 4.69) is 0 Å². The summed E-state index contributed by atoms with van der Waals surface area (Å²) in [4.78, 5) is 23.7. The van der Waals surface area contributed by atoms with Gasteiger partial charge in [0.2, 0.25) is 0 Å². The summed E-state index contributed by atoms with van der Waals surface area (Å²) in [6.07, 6.45) is -3.23. The van der Waals surface area contributed by atoms with Gasteiger partial charge in [-0.15, -0.1) is 0 Å². The van der Waals surface area contributed by atoms with Crippen molar-refractivity contribution in [2.24, 2.45) is 5.92 Å². The van der Waals surface area contributed by atoms with Gasteiger partial charge in [-0.1, -0.05) is 13.8 Å². The van der Waals surface area contributed by atoms with Crippen LogP contribution >= 0.6 is 0 Å². The summed E-state index contributed by atoms with van der Waals surface area (Å²) in [5, 5.41) is 11.1. The Hall–Kier alpha value is -3.17. The van der Waals surface area contributed by atoms with Gasteiger partial charge < -0.3 is 19.6 Å². The third-order valence-corrected chi connectivity index (χ3v) is 4.55. The fraction of sp³-hybridized carbons (Fsp3) is 0.400. The molecular weight excluding hydrogens is 405 g/mol. The van der Waals surface area contributed by atoms with Crippen molar-refractivity contribution >= 4 is 5.97 Å². The van der Waals surface area contributed by atoms with Crippen molar-refractivity contribution in [3.05, 3.63) is 45.7 Å². The second kappa shape index (κ2) is 7.92. The Morgan fingerprint density at radius 2 is 1.93 bits per heavy atom. The van der Waals surface area contributed by atoms with Gasteiger partial charge >= 0.3 is 12.1 Å². The Bertz CT molecular complexity index is 1030. The van der Waals surface area contributed by atoms with Gasteiger partial charge in [0.05, 0.1) is 19.3 Å². The summed E-state index contributed by atoms with van der Waals surface area (Å²) in [7, 11) is 1.30. The Kier molecular flexibility index (Phi) is 5.69. The van der Waals surface area contributed by atoms with Gasteiger partial charge in [0, 0.05) is 24.4 Å². The van der Waals surface area contributed by atoms with Crippen molar-refractivity contribution in [1.29, 1.82) is 0 Å². The molecule has 1 N–H and O–H groups in total. The third kappa shape index (κ3) is 4.37. The number of aromatic nitrogens is 1. The lowest BCUT2D eigenvalue weighted by molar-refractivity contribution is -0.153. The smallest absolute Gasteiger partial charge is 0.422 e. The van der Waals surface area contributed by atoms with E-state index < -0.39 is 24.2 Å². The Morgan fingerprint density at radius 1 is 1.23 bits per heavy atom. The van der Waals surface area contributed by atoms with E-state index in [1.807, 2.05) is 18.9 Å². The molecule has 30 heavy (non-hydrogen) atoms. The second-order valence-electron chi connectivity index (χ2n) is 7.39.